The Morgan fingerprint density at radius 3 is 2.78 bits per heavy atom. The summed E-state index contributed by atoms with van der Waals surface area (Å²) in [5, 5.41) is 0.874. The minimum absolute atomic E-state index is 0.272. The number of hydrogen-bond acceptors (Lipinski definition) is 4. The van der Waals surface area contributed by atoms with E-state index in [1.54, 1.807) is 12.3 Å². The van der Waals surface area contributed by atoms with E-state index in [0.717, 1.165) is 24.4 Å². The van der Waals surface area contributed by atoms with Gasteiger partial charge in [0.05, 0.1) is 6.20 Å². The molecule has 94 valence electrons. The number of anilines is 1. The number of rotatable bonds is 2. The molecule has 2 aromatic rings. The highest BCUT2D eigenvalue weighted by Crippen LogP contribution is 2.27. The van der Waals surface area contributed by atoms with Crippen LogP contribution in [0.5, 0.6) is 0 Å². The van der Waals surface area contributed by atoms with Gasteiger partial charge in [-0.05, 0) is 25.3 Å². The Hall–Kier alpha value is -2.04. The van der Waals surface area contributed by atoms with Crippen molar-refractivity contribution in [2.45, 2.75) is 19.3 Å². The average Bonchev–Trinajstić information content (AvgIpc) is 2.82. The number of carbonyl (C=O) groups excluding carboxylic acids is 1. The van der Waals surface area contributed by atoms with Gasteiger partial charge in [0.15, 0.2) is 11.5 Å². The normalized spacial score (nSPS) is 16.1. The van der Waals surface area contributed by atoms with Gasteiger partial charge in [-0.2, -0.15) is 0 Å². The molecule has 0 spiro atoms. The number of piperidine rings is 1. The molecular formula is C13H15N3O2. The lowest BCUT2D eigenvalue weighted by molar-refractivity contribution is 0.0996. The Balaban J connectivity index is 1.97. The van der Waals surface area contributed by atoms with Gasteiger partial charge in [0, 0.05) is 24.5 Å². The van der Waals surface area contributed by atoms with Crippen LogP contribution in [0.15, 0.2) is 22.7 Å². The van der Waals surface area contributed by atoms with E-state index in [2.05, 4.69) is 9.88 Å². The van der Waals surface area contributed by atoms with Crippen LogP contribution in [0.4, 0.5) is 5.88 Å². The maximum atomic E-state index is 11.1. The van der Waals surface area contributed by atoms with Crippen LogP contribution in [-0.4, -0.2) is 24.0 Å². The molecule has 0 atom stereocenters. The molecule has 2 aromatic heterocycles. The fourth-order valence-corrected chi connectivity index (χ4v) is 2.34. The summed E-state index contributed by atoms with van der Waals surface area (Å²) in [5.41, 5.74) is 6.18. The van der Waals surface area contributed by atoms with Crippen LogP contribution in [0.3, 0.4) is 0 Å². The first-order valence-corrected chi connectivity index (χ1v) is 6.18. The topological polar surface area (TPSA) is 72.4 Å². The molecule has 3 heterocycles. The van der Waals surface area contributed by atoms with Crippen molar-refractivity contribution in [3.63, 3.8) is 0 Å². The molecule has 0 bridgehead atoms. The van der Waals surface area contributed by atoms with Crippen LogP contribution < -0.4 is 10.6 Å². The second-order valence-corrected chi connectivity index (χ2v) is 4.60. The van der Waals surface area contributed by atoms with Crippen molar-refractivity contribution in [3.8, 4) is 0 Å². The first-order chi connectivity index (χ1) is 8.74. The van der Waals surface area contributed by atoms with Gasteiger partial charge in [-0.3, -0.25) is 4.79 Å². The lowest BCUT2D eigenvalue weighted by Gasteiger charge is -2.25. The fraction of sp³-hybridized carbons (Fsp3) is 0.385. The molecule has 1 aliphatic heterocycles. The molecule has 0 saturated carbocycles. The maximum Gasteiger partial charge on any atom is 0.267 e. The van der Waals surface area contributed by atoms with Gasteiger partial charge in [0.1, 0.15) is 5.69 Å². The first-order valence-electron chi connectivity index (χ1n) is 6.18. The summed E-state index contributed by atoms with van der Waals surface area (Å²) in [7, 11) is 0. The van der Waals surface area contributed by atoms with Crippen molar-refractivity contribution in [2.75, 3.05) is 18.0 Å². The molecule has 5 heteroatoms. The third-order valence-electron chi connectivity index (χ3n) is 3.31. The van der Waals surface area contributed by atoms with Crippen molar-refractivity contribution in [1.29, 1.82) is 0 Å². The van der Waals surface area contributed by atoms with Gasteiger partial charge < -0.3 is 15.1 Å². The Labute approximate surface area is 105 Å². The number of aromatic nitrogens is 1. The van der Waals surface area contributed by atoms with Gasteiger partial charge in [0.2, 0.25) is 0 Å². The molecular weight excluding hydrogens is 230 g/mol. The molecule has 1 amide bonds. The standard InChI is InChI=1S/C13H15N3O2/c14-13(17)10-6-9-7-12(18-11(9)8-15-10)16-4-2-1-3-5-16/h6-8H,1-5H2,(H2,14,17). The summed E-state index contributed by atoms with van der Waals surface area (Å²) >= 11 is 0. The van der Waals surface area contributed by atoms with Crippen molar-refractivity contribution < 1.29 is 9.21 Å². The summed E-state index contributed by atoms with van der Waals surface area (Å²) in [6.07, 6.45) is 5.23. The predicted molar refractivity (Wildman–Crippen MR) is 68.6 cm³/mol. The largest absolute Gasteiger partial charge is 0.439 e. The van der Waals surface area contributed by atoms with E-state index in [1.165, 1.54) is 19.3 Å². The maximum absolute atomic E-state index is 11.1. The zero-order chi connectivity index (χ0) is 12.5. The number of fused-ring (bicyclic) bond motifs is 1. The van der Waals surface area contributed by atoms with Crippen LogP contribution in [0.2, 0.25) is 0 Å². The van der Waals surface area contributed by atoms with E-state index in [-0.39, 0.29) is 5.69 Å². The predicted octanol–water partition coefficient (Wildman–Crippen LogP) is 1.92. The van der Waals surface area contributed by atoms with Crippen LogP contribution in [0.1, 0.15) is 29.8 Å². The molecule has 0 aromatic carbocycles. The van der Waals surface area contributed by atoms with Gasteiger partial charge >= 0.3 is 0 Å². The van der Waals surface area contributed by atoms with Crippen molar-refractivity contribution >= 4 is 22.8 Å². The lowest BCUT2D eigenvalue weighted by Crippen LogP contribution is -2.28. The third kappa shape index (κ3) is 1.92. The molecule has 1 fully saturated rings. The van der Waals surface area contributed by atoms with E-state index in [9.17, 15) is 4.79 Å². The minimum Gasteiger partial charge on any atom is -0.439 e. The summed E-state index contributed by atoms with van der Waals surface area (Å²) in [6.45, 7) is 2.05. The quantitative estimate of drug-likeness (QED) is 0.877. The highest BCUT2D eigenvalue weighted by Gasteiger charge is 2.15. The highest BCUT2D eigenvalue weighted by atomic mass is 16.4. The smallest absolute Gasteiger partial charge is 0.267 e. The monoisotopic (exact) mass is 245 g/mol. The second kappa shape index (κ2) is 4.33. The fourth-order valence-electron chi connectivity index (χ4n) is 2.34. The molecule has 1 saturated heterocycles. The molecule has 18 heavy (non-hydrogen) atoms. The Bertz CT molecular complexity index is 585. The van der Waals surface area contributed by atoms with E-state index in [1.807, 2.05) is 6.07 Å². The zero-order valence-corrected chi connectivity index (χ0v) is 10.1. The number of primary amides is 1. The van der Waals surface area contributed by atoms with Crippen molar-refractivity contribution in [2.24, 2.45) is 5.73 Å². The lowest BCUT2D eigenvalue weighted by atomic mass is 10.1. The SMILES string of the molecule is NC(=O)c1cc2cc(N3CCCCC3)oc2cn1. The first kappa shape index (κ1) is 11.1. The van der Waals surface area contributed by atoms with E-state index < -0.39 is 5.91 Å². The van der Waals surface area contributed by atoms with Crippen LogP contribution in [0.25, 0.3) is 11.0 Å². The molecule has 0 unspecified atom stereocenters. The van der Waals surface area contributed by atoms with Gasteiger partial charge in [-0.25, -0.2) is 4.98 Å². The summed E-state index contributed by atoms with van der Waals surface area (Å²) in [4.78, 5) is 17.3. The summed E-state index contributed by atoms with van der Waals surface area (Å²) in [6, 6.07) is 3.63. The molecule has 2 N–H and O–H groups in total. The van der Waals surface area contributed by atoms with Gasteiger partial charge in [-0.1, -0.05) is 0 Å². The number of pyridine rings is 1. The number of furan rings is 1. The second-order valence-electron chi connectivity index (χ2n) is 4.60. The number of amides is 1. The Morgan fingerprint density at radius 2 is 2.06 bits per heavy atom. The highest BCUT2D eigenvalue weighted by molar-refractivity contribution is 5.94. The molecule has 0 radical (unpaired) electrons. The third-order valence-corrected chi connectivity index (χ3v) is 3.31. The van der Waals surface area contributed by atoms with Gasteiger partial charge in [0.25, 0.3) is 5.91 Å². The number of carbonyl (C=O) groups is 1. The van der Waals surface area contributed by atoms with E-state index in [4.69, 9.17) is 10.2 Å². The van der Waals surface area contributed by atoms with E-state index >= 15 is 0 Å². The van der Waals surface area contributed by atoms with Crippen LogP contribution >= 0.6 is 0 Å². The average molecular weight is 245 g/mol. The summed E-state index contributed by atoms with van der Waals surface area (Å²) < 4.78 is 5.75. The number of nitrogens with two attached hydrogens (primary N) is 1. The van der Waals surface area contributed by atoms with Crippen molar-refractivity contribution in [3.05, 3.63) is 24.0 Å². The molecule has 5 nitrogen and oxygen atoms in total. The van der Waals surface area contributed by atoms with Crippen molar-refractivity contribution in [1.82, 2.24) is 4.98 Å². The minimum atomic E-state index is -0.516. The van der Waals surface area contributed by atoms with Crippen LogP contribution in [-0.2, 0) is 0 Å². The number of hydrogen-bond donors (Lipinski definition) is 1. The summed E-state index contributed by atoms with van der Waals surface area (Å²) in [5.74, 6) is 0.339. The zero-order valence-electron chi connectivity index (χ0n) is 10.1. The number of nitrogens with zero attached hydrogens (tertiary/aromatic N) is 2. The van der Waals surface area contributed by atoms with Gasteiger partial charge in [-0.15, -0.1) is 0 Å². The van der Waals surface area contributed by atoms with E-state index in [0.29, 0.717) is 5.58 Å². The Kier molecular flexibility index (Phi) is 2.66. The molecule has 1 aliphatic rings. The Morgan fingerprint density at radius 1 is 1.28 bits per heavy atom. The molecule has 0 aliphatic carbocycles. The molecule has 3 rings (SSSR count). The van der Waals surface area contributed by atoms with Crippen LogP contribution in [0, 0.1) is 0 Å².